The number of hydrogen-bond acceptors (Lipinski definition) is 6. The van der Waals surface area contributed by atoms with E-state index in [-0.39, 0.29) is 11.3 Å². The molecule has 32 heavy (non-hydrogen) atoms. The van der Waals surface area contributed by atoms with E-state index in [4.69, 9.17) is 9.15 Å². The Morgan fingerprint density at radius 2 is 2.00 bits per heavy atom. The minimum Gasteiger partial charge on any atom is -0.503 e. The summed E-state index contributed by atoms with van der Waals surface area (Å²) in [6.07, 6.45) is 3.93. The van der Waals surface area contributed by atoms with Crippen molar-refractivity contribution in [3.63, 3.8) is 0 Å². The number of pyridine rings is 1. The molecule has 1 aliphatic heterocycles. The van der Waals surface area contributed by atoms with Gasteiger partial charge in [0, 0.05) is 30.7 Å². The molecule has 3 aromatic rings. The number of aliphatic hydroxyl groups is 1. The van der Waals surface area contributed by atoms with Crippen LogP contribution in [-0.4, -0.2) is 61.0 Å². The predicted molar refractivity (Wildman–Crippen MR) is 118 cm³/mol. The van der Waals surface area contributed by atoms with Crippen LogP contribution < -0.4 is 9.64 Å². The normalized spacial score (nSPS) is 16.4. The molecule has 0 radical (unpaired) electrons. The van der Waals surface area contributed by atoms with Crippen molar-refractivity contribution >= 4 is 22.7 Å². The number of Topliss-reactive ketones (excluding diaryl/α,β-unsaturated/α-hetero) is 1. The molecule has 8 heteroatoms. The van der Waals surface area contributed by atoms with E-state index in [1.165, 1.54) is 12.0 Å². The molecule has 3 heterocycles. The molecule has 0 unspecified atom stereocenters. The van der Waals surface area contributed by atoms with Crippen LogP contribution in [0.3, 0.4) is 0 Å². The van der Waals surface area contributed by atoms with E-state index in [0.29, 0.717) is 28.8 Å². The molecule has 0 spiro atoms. The van der Waals surface area contributed by atoms with E-state index >= 15 is 0 Å². The van der Waals surface area contributed by atoms with Crippen molar-refractivity contribution in [2.45, 2.75) is 12.5 Å². The zero-order chi connectivity index (χ0) is 22.8. The smallest absolute Gasteiger partial charge is 0.290 e. The van der Waals surface area contributed by atoms with Crippen LogP contribution in [-0.2, 0) is 4.79 Å². The zero-order valence-corrected chi connectivity index (χ0v) is 18.3. The van der Waals surface area contributed by atoms with Gasteiger partial charge < -0.3 is 24.1 Å². The van der Waals surface area contributed by atoms with Crippen LogP contribution in [0.15, 0.2) is 64.5 Å². The lowest BCUT2D eigenvalue weighted by atomic mass is 9.95. The van der Waals surface area contributed by atoms with Gasteiger partial charge in [0.15, 0.2) is 22.9 Å². The lowest BCUT2D eigenvalue weighted by molar-refractivity contribution is -0.858. The number of nitrogens with one attached hydrogen (secondary N) is 1. The average Bonchev–Trinajstić information content (AvgIpc) is 3.34. The molecular formula is C24H26N3O5+. The second kappa shape index (κ2) is 8.84. The number of rotatable bonds is 8. The van der Waals surface area contributed by atoms with Crippen LogP contribution >= 0.6 is 0 Å². The quantitative estimate of drug-likeness (QED) is 0.524. The van der Waals surface area contributed by atoms with Gasteiger partial charge in [-0.25, -0.2) is 0 Å². The van der Waals surface area contributed by atoms with Crippen molar-refractivity contribution < 1.29 is 28.7 Å². The summed E-state index contributed by atoms with van der Waals surface area (Å²) in [5, 5.41) is 11.5. The second-order valence-corrected chi connectivity index (χ2v) is 8.07. The number of ketones is 1. The molecule has 1 aromatic carbocycles. The molecule has 0 bridgehead atoms. The highest BCUT2D eigenvalue weighted by atomic mass is 16.5. The number of aliphatic hydroxyl groups excluding tert-OH is 1. The molecule has 4 rings (SSSR count). The Labute approximate surface area is 185 Å². The van der Waals surface area contributed by atoms with Gasteiger partial charge in [0.1, 0.15) is 0 Å². The first kappa shape index (κ1) is 21.6. The van der Waals surface area contributed by atoms with E-state index in [9.17, 15) is 14.7 Å². The van der Waals surface area contributed by atoms with Crippen molar-refractivity contribution in [3.8, 4) is 5.75 Å². The summed E-state index contributed by atoms with van der Waals surface area (Å²) in [4.78, 5) is 33.3. The molecule has 2 aromatic heterocycles. The van der Waals surface area contributed by atoms with Gasteiger partial charge in [-0.05, 0) is 29.8 Å². The third kappa shape index (κ3) is 3.85. The summed E-state index contributed by atoms with van der Waals surface area (Å²) in [7, 11) is 5.59. The Morgan fingerprint density at radius 3 is 2.69 bits per heavy atom. The molecule has 0 fully saturated rings. The number of aromatic nitrogens is 1. The van der Waals surface area contributed by atoms with Crippen LogP contribution in [0.5, 0.6) is 5.75 Å². The molecular weight excluding hydrogens is 410 g/mol. The Morgan fingerprint density at radius 1 is 1.25 bits per heavy atom. The van der Waals surface area contributed by atoms with Gasteiger partial charge in [-0.15, -0.1) is 0 Å². The number of hydrogen-bond donors (Lipinski definition) is 2. The highest BCUT2D eigenvalue weighted by Crippen LogP contribution is 2.40. The van der Waals surface area contributed by atoms with Crippen LogP contribution in [0.4, 0.5) is 0 Å². The number of ether oxygens (including phenoxy) is 1. The fourth-order valence-corrected chi connectivity index (χ4v) is 4.05. The van der Waals surface area contributed by atoms with Crippen molar-refractivity contribution in [1.82, 2.24) is 9.88 Å². The maximum atomic E-state index is 13.5. The van der Waals surface area contributed by atoms with E-state index < -0.39 is 23.5 Å². The summed E-state index contributed by atoms with van der Waals surface area (Å²) >= 11 is 0. The number of carbonyl (C=O) groups excluding carboxylic acids is 2. The third-order valence-corrected chi connectivity index (χ3v) is 5.60. The SMILES string of the molecule is COc1cccc2cc(C(=O)C3=C(O)C(=O)N(CCC[NH+](C)C)[C@@H]3c3ccncc3)oc12. The molecule has 2 N–H and O–H groups in total. The second-order valence-electron chi connectivity index (χ2n) is 8.07. The first-order valence-corrected chi connectivity index (χ1v) is 10.5. The Hall–Kier alpha value is -3.65. The molecule has 1 amide bonds. The minimum absolute atomic E-state index is 0.0106. The van der Waals surface area contributed by atoms with E-state index in [1.54, 1.807) is 47.6 Å². The Balaban J connectivity index is 1.75. The molecule has 0 aliphatic carbocycles. The molecule has 166 valence electrons. The summed E-state index contributed by atoms with van der Waals surface area (Å²) in [6.45, 7) is 1.26. The number of fused-ring (bicyclic) bond motifs is 1. The van der Waals surface area contributed by atoms with Crippen LogP contribution in [0, 0.1) is 0 Å². The third-order valence-electron chi connectivity index (χ3n) is 5.60. The number of methoxy groups -OCH3 is 1. The van der Waals surface area contributed by atoms with Gasteiger partial charge in [0.05, 0.1) is 39.4 Å². The van der Waals surface area contributed by atoms with Crippen molar-refractivity contribution in [2.24, 2.45) is 0 Å². The number of carbonyl (C=O) groups is 2. The standard InChI is InChI=1S/C24H25N3O5/c1-26(2)12-5-13-27-20(15-8-10-25-11-9-15)19(22(29)24(27)30)21(28)18-14-16-6-4-7-17(31-3)23(16)32-18/h4,6-11,14,20,29H,5,12-13H2,1-3H3/p+1/t20-/m1/s1. The van der Waals surface area contributed by atoms with Gasteiger partial charge in [-0.3, -0.25) is 14.6 Å². The number of benzene rings is 1. The Kier molecular flexibility index (Phi) is 5.96. The highest BCUT2D eigenvalue weighted by Gasteiger charge is 2.44. The lowest BCUT2D eigenvalue weighted by Gasteiger charge is -2.26. The lowest BCUT2D eigenvalue weighted by Crippen LogP contribution is -3.05. The predicted octanol–water partition coefficient (Wildman–Crippen LogP) is 1.95. The summed E-state index contributed by atoms with van der Waals surface area (Å²) < 4.78 is 11.1. The minimum atomic E-state index is -0.717. The monoisotopic (exact) mass is 436 g/mol. The van der Waals surface area contributed by atoms with Crippen LogP contribution in [0.1, 0.15) is 28.6 Å². The van der Waals surface area contributed by atoms with Gasteiger partial charge in [0.2, 0.25) is 5.78 Å². The first-order chi connectivity index (χ1) is 15.4. The molecule has 1 aliphatic rings. The summed E-state index contributed by atoms with van der Waals surface area (Å²) in [5.74, 6) is -1.09. The van der Waals surface area contributed by atoms with Crippen molar-refractivity contribution in [1.29, 1.82) is 0 Å². The molecule has 1 atom stereocenters. The zero-order valence-electron chi connectivity index (χ0n) is 18.3. The van der Waals surface area contributed by atoms with Crippen LogP contribution in [0.2, 0.25) is 0 Å². The molecule has 0 saturated heterocycles. The number of para-hydroxylation sites is 1. The maximum Gasteiger partial charge on any atom is 0.290 e. The fraction of sp³-hybridized carbons (Fsp3) is 0.292. The van der Waals surface area contributed by atoms with Gasteiger partial charge in [0.25, 0.3) is 5.91 Å². The van der Waals surface area contributed by atoms with Gasteiger partial charge in [-0.1, -0.05) is 12.1 Å². The van der Waals surface area contributed by atoms with Crippen molar-refractivity contribution in [3.05, 3.63) is 71.4 Å². The first-order valence-electron chi connectivity index (χ1n) is 10.5. The number of nitrogens with zero attached hydrogens (tertiary/aromatic N) is 2. The highest BCUT2D eigenvalue weighted by molar-refractivity contribution is 6.16. The Bertz CT molecular complexity index is 1180. The topological polar surface area (TPSA) is 97.3 Å². The summed E-state index contributed by atoms with van der Waals surface area (Å²) in [5.41, 5.74) is 1.15. The van der Waals surface area contributed by atoms with E-state index in [1.807, 2.05) is 20.2 Å². The van der Waals surface area contributed by atoms with Gasteiger partial charge in [-0.2, -0.15) is 0 Å². The van der Waals surface area contributed by atoms with E-state index in [2.05, 4.69) is 4.98 Å². The summed E-state index contributed by atoms with van der Waals surface area (Å²) in [6, 6.07) is 9.73. The fourth-order valence-electron chi connectivity index (χ4n) is 4.05. The maximum absolute atomic E-state index is 13.5. The molecule has 0 saturated carbocycles. The number of amides is 1. The van der Waals surface area contributed by atoms with E-state index in [0.717, 1.165) is 13.0 Å². The van der Waals surface area contributed by atoms with Crippen molar-refractivity contribution in [2.75, 3.05) is 34.3 Å². The number of furan rings is 1. The van der Waals surface area contributed by atoms with Crippen LogP contribution in [0.25, 0.3) is 11.0 Å². The average molecular weight is 436 g/mol. The molecule has 8 nitrogen and oxygen atoms in total. The number of quaternary nitrogens is 1. The largest absolute Gasteiger partial charge is 0.503 e. The van der Waals surface area contributed by atoms with Gasteiger partial charge >= 0.3 is 0 Å².